The van der Waals surface area contributed by atoms with Crippen LogP contribution in [0.15, 0.2) is 66.7 Å². The Morgan fingerprint density at radius 1 is 0.783 bits per heavy atom. The molecule has 0 bridgehead atoms. The fourth-order valence-corrected chi connectivity index (χ4v) is 3.35. The van der Waals surface area contributed by atoms with Gasteiger partial charge in [0.2, 0.25) is 0 Å². The minimum absolute atomic E-state index is 0.677. The van der Waals surface area contributed by atoms with Crippen molar-refractivity contribution in [3.05, 3.63) is 66.7 Å². The normalized spacial score (nSPS) is 12.1. The molecule has 4 nitrogen and oxygen atoms in total. The number of fused-ring (bicyclic) bond motifs is 1. The van der Waals surface area contributed by atoms with Crippen LogP contribution >= 0.6 is 0 Å². The molecule has 0 aliphatic heterocycles. The minimum Gasteiger partial charge on any atom is -0.377 e. The molecule has 0 aliphatic carbocycles. The largest absolute Gasteiger partial charge is 0.377 e. The number of para-hydroxylation sites is 1. The van der Waals surface area contributed by atoms with Crippen LogP contribution in [0.2, 0.25) is 0 Å². The summed E-state index contributed by atoms with van der Waals surface area (Å²) in [7, 11) is 3.97. The van der Waals surface area contributed by atoms with E-state index in [0.717, 1.165) is 16.5 Å². The first-order valence-corrected chi connectivity index (χ1v) is 8.31. The van der Waals surface area contributed by atoms with Crippen LogP contribution in [0.25, 0.3) is 10.8 Å². The molecule has 1 N–H and O–H groups in total. The van der Waals surface area contributed by atoms with Gasteiger partial charge in [-0.25, -0.2) is 8.51 Å². The molecule has 0 fully saturated rings. The highest BCUT2D eigenvalue weighted by atomic mass is 32.2. The van der Waals surface area contributed by atoms with Crippen molar-refractivity contribution in [2.24, 2.45) is 0 Å². The molecule has 5 heteroatoms. The molecule has 0 aliphatic rings. The monoisotopic (exact) mass is 326 g/mol. The first-order chi connectivity index (χ1) is 11.1. The van der Waals surface area contributed by atoms with E-state index in [1.807, 2.05) is 85.7 Å². The van der Waals surface area contributed by atoms with Gasteiger partial charge >= 0.3 is 0 Å². The molecule has 1 atom stereocenters. The highest BCUT2D eigenvalue weighted by molar-refractivity contribution is 7.81. The Kier molecular flexibility index (Phi) is 4.32. The third-order valence-corrected chi connectivity index (χ3v) is 4.44. The summed E-state index contributed by atoms with van der Waals surface area (Å²) in [5.41, 5.74) is 2.45. The zero-order valence-corrected chi connectivity index (χ0v) is 13.8. The Labute approximate surface area is 138 Å². The van der Waals surface area contributed by atoms with Gasteiger partial charge in [0.05, 0.1) is 11.4 Å². The van der Waals surface area contributed by atoms with Crippen molar-refractivity contribution in [2.45, 2.75) is 0 Å². The summed E-state index contributed by atoms with van der Waals surface area (Å²) in [5, 5.41) is 1.98. The van der Waals surface area contributed by atoms with Crippen molar-refractivity contribution in [1.82, 2.24) is 0 Å². The van der Waals surface area contributed by atoms with Crippen LogP contribution < -0.4 is 9.21 Å². The van der Waals surface area contributed by atoms with Crippen molar-refractivity contribution in [3.63, 3.8) is 0 Å². The van der Waals surface area contributed by atoms with Crippen LogP contribution in [0, 0.1) is 0 Å². The van der Waals surface area contributed by atoms with Crippen LogP contribution in [0.3, 0.4) is 0 Å². The standard InChI is InChI=1S/C18H18N2O2S/c1-19(2)17-12-6-11-16-15(17)10-7-13-18(16)20(23(21)22)14-8-4-3-5-9-14/h3-13H,1-2H3,(H,21,22). The van der Waals surface area contributed by atoms with Crippen molar-refractivity contribution >= 4 is 39.1 Å². The van der Waals surface area contributed by atoms with E-state index >= 15 is 0 Å². The Hall–Kier alpha value is -2.37. The van der Waals surface area contributed by atoms with Gasteiger partial charge in [0.1, 0.15) is 0 Å². The van der Waals surface area contributed by atoms with Crippen molar-refractivity contribution in [2.75, 3.05) is 23.3 Å². The Morgan fingerprint density at radius 2 is 1.35 bits per heavy atom. The number of benzene rings is 3. The first-order valence-electron chi connectivity index (χ1n) is 7.25. The third kappa shape index (κ3) is 2.93. The van der Waals surface area contributed by atoms with E-state index in [9.17, 15) is 8.76 Å². The SMILES string of the molecule is CN(C)c1cccc2c(N(c3ccccc3)S(=O)O)cccc12. The van der Waals surface area contributed by atoms with Crippen LogP contribution in [0.5, 0.6) is 0 Å². The minimum atomic E-state index is -2.16. The third-order valence-electron chi connectivity index (χ3n) is 3.72. The number of rotatable bonds is 4. The molecule has 3 rings (SSSR count). The maximum absolute atomic E-state index is 12.0. The van der Waals surface area contributed by atoms with E-state index in [-0.39, 0.29) is 0 Å². The van der Waals surface area contributed by atoms with Gasteiger partial charge in [0, 0.05) is 30.6 Å². The molecule has 0 saturated heterocycles. The molecular weight excluding hydrogens is 308 g/mol. The molecule has 3 aromatic rings. The van der Waals surface area contributed by atoms with E-state index in [4.69, 9.17) is 0 Å². The summed E-state index contributed by atoms with van der Waals surface area (Å²) in [6.07, 6.45) is 0. The molecule has 0 amide bonds. The lowest BCUT2D eigenvalue weighted by molar-refractivity contribution is 0.564. The van der Waals surface area contributed by atoms with E-state index in [1.54, 1.807) is 0 Å². The average Bonchev–Trinajstić information content (AvgIpc) is 2.55. The van der Waals surface area contributed by atoms with Gasteiger partial charge in [-0.3, -0.25) is 4.55 Å². The van der Waals surface area contributed by atoms with Gasteiger partial charge in [-0.15, -0.1) is 0 Å². The fraction of sp³-hybridized carbons (Fsp3) is 0.111. The molecule has 1 unspecified atom stereocenters. The molecule has 0 saturated carbocycles. The molecule has 0 spiro atoms. The molecule has 118 valence electrons. The summed E-state index contributed by atoms with van der Waals surface area (Å²) in [6, 6.07) is 21.0. The van der Waals surface area contributed by atoms with Crippen molar-refractivity contribution < 1.29 is 8.76 Å². The molecule has 0 radical (unpaired) electrons. The lowest BCUT2D eigenvalue weighted by Gasteiger charge is -2.23. The number of hydrogen-bond acceptors (Lipinski definition) is 2. The second-order valence-corrected chi connectivity index (χ2v) is 6.23. The van der Waals surface area contributed by atoms with Crippen LogP contribution in [0.1, 0.15) is 0 Å². The van der Waals surface area contributed by atoms with E-state index in [1.165, 1.54) is 4.31 Å². The van der Waals surface area contributed by atoms with E-state index < -0.39 is 11.3 Å². The van der Waals surface area contributed by atoms with Gasteiger partial charge in [-0.05, 0) is 24.3 Å². The molecule has 23 heavy (non-hydrogen) atoms. The predicted octanol–water partition coefficient (Wildman–Crippen LogP) is 4.18. The molecule has 3 aromatic carbocycles. The van der Waals surface area contributed by atoms with Crippen LogP contribution in [0.4, 0.5) is 17.1 Å². The summed E-state index contributed by atoms with van der Waals surface area (Å²) >= 11 is -2.16. The maximum atomic E-state index is 12.0. The van der Waals surface area contributed by atoms with Gasteiger partial charge in [0.15, 0.2) is 0 Å². The smallest absolute Gasteiger partial charge is 0.266 e. The summed E-state index contributed by atoms with van der Waals surface area (Å²) < 4.78 is 23.3. The summed E-state index contributed by atoms with van der Waals surface area (Å²) in [6.45, 7) is 0. The maximum Gasteiger partial charge on any atom is 0.266 e. The Morgan fingerprint density at radius 3 is 1.91 bits per heavy atom. The topological polar surface area (TPSA) is 43.8 Å². The molecule has 0 heterocycles. The zero-order valence-electron chi connectivity index (χ0n) is 13.0. The van der Waals surface area contributed by atoms with Crippen molar-refractivity contribution in [3.8, 4) is 0 Å². The lowest BCUT2D eigenvalue weighted by atomic mass is 10.1. The zero-order chi connectivity index (χ0) is 16.4. The van der Waals surface area contributed by atoms with Crippen molar-refractivity contribution in [1.29, 1.82) is 0 Å². The summed E-state index contributed by atoms with van der Waals surface area (Å²) in [5.74, 6) is 0. The quantitative estimate of drug-likeness (QED) is 0.732. The molecule has 0 aromatic heterocycles. The highest BCUT2D eigenvalue weighted by Crippen LogP contribution is 2.36. The van der Waals surface area contributed by atoms with E-state index in [0.29, 0.717) is 11.4 Å². The first kappa shape index (κ1) is 15.5. The second kappa shape index (κ2) is 6.40. The molecular formula is C18H18N2O2S. The predicted molar refractivity (Wildman–Crippen MR) is 97.6 cm³/mol. The van der Waals surface area contributed by atoms with Gasteiger partial charge in [-0.2, -0.15) is 0 Å². The van der Waals surface area contributed by atoms with E-state index in [2.05, 4.69) is 0 Å². The average molecular weight is 326 g/mol. The van der Waals surface area contributed by atoms with Crippen LogP contribution in [-0.2, 0) is 11.3 Å². The summed E-state index contributed by atoms with van der Waals surface area (Å²) in [4.78, 5) is 2.04. The number of nitrogens with zero attached hydrogens (tertiary/aromatic N) is 2. The second-order valence-electron chi connectivity index (χ2n) is 5.40. The van der Waals surface area contributed by atoms with Gasteiger partial charge in [0.25, 0.3) is 11.3 Å². The highest BCUT2D eigenvalue weighted by Gasteiger charge is 2.18. The lowest BCUT2D eigenvalue weighted by Crippen LogP contribution is -2.19. The number of hydrogen-bond donors (Lipinski definition) is 1. The Bertz CT molecular complexity index is 850. The van der Waals surface area contributed by atoms with Gasteiger partial charge in [-0.1, -0.05) is 42.5 Å². The number of anilines is 3. The van der Waals surface area contributed by atoms with Crippen LogP contribution in [-0.4, -0.2) is 22.9 Å². The van der Waals surface area contributed by atoms with Gasteiger partial charge < -0.3 is 4.90 Å². The Balaban J connectivity index is 2.26. The fourth-order valence-electron chi connectivity index (χ4n) is 2.72.